The Hall–Kier alpha value is -3.03. The van der Waals surface area contributed by atoms with Crippen LogP contribution in [-0.4, -0.2) is 44.7 Å². The normalized spacial score (nSPS) is 14.3. The first-order valence-electron chi connectivity index (χ1n) is 11.7. The van der Waals surface area contributed by atoms with E-state index in [1.807, 2.05) is 31.2 Å². The quantitative estimate of drug-likeness (QED) is 0.473. The smallest absolute Gasteiger partial charge is 0.264 e. The van der Waals surface area contributed by atoms with Crippen molar-refractivity contribution in [1.29, 1.82) is 0 Å². The molecule has 4 rings (SSSR count). The molecule has 0 spiro atoms. The molecule has 1 aliphatic heterocycles. The fraction of sp³-hybridized carbons (Fsp3) is 0.333. The van der Waals surface area contributed by atoms with Crippen molar-refractivity contribution in [3.05, 3.63) is 83.4 Å². The SMILES string of the molecule is Cc1ccc(C)c(S(=O)(=O)N(Cc2cccc(O)c2)c2ccc(OCCN3CCCC3)cc2)c1. The molecule has 0 aromatic heterocycles. The summed E-state index contributed by atoms with van der Waals surface area (Å²) in [5.41, 5.74) is 2.80. The summed E-state index contributed by atoms with van der Waals surface area (Å²) < 4.78 is 34.9. The minimum atomic E-state index is -3.85. The number of likely N-dealkylation sites (tertiary alicyclic amines) is 1. The lowest BCUT2D eigenvalue weighted by atomic mass is 10.2. The van der Waals surface area contributed by atoms with E-state index in [-0.39, 0.29) is 17.2 Å². The molecule has 6 nitrogen and oxygen atoms in total. The maximum absolute atomic E-state index is 13.8. The summed E-state index contributed by atoms with van der Waals surface area (Å²) in [6.07, 6.45) is 2.50. The molecule has 0 aliphatic carbocycles. The van der Waals surface area contributed by atoms with Gasteiger partial charge >= 0.3 is 0 Å². The number of phenols is 1. The third-order valence-corrected chi connectivity index (χ3v) is 8.06. The number of rotatable bonds is 9. The van der Waals surface area contributed by atoms with Crippen LogP contribution in [0.1, 0.15) is 29.5 Å². The van der Waals surface area contributed by atoms with Crippen LogP contribution in [-0.2, 0) is 16.6 Å². The number of hydrogen-bond acceptors (Lipinski definition) is 5. The number of aromatic hydroxyl groups is 1. The maximum atomic E-state index is 13.8. The van der Waals surface area contributed by atoms with E-state index < -0.39 is 10.0 Å². The van der Waals surface area contributed by atoms with Gasteiger partial charge in [0, 0.05) is 6.54 Å². The molecule has 0 atom stereocenters. The highest BCUT2D eigenvalue weighted by Crippen LogP contribution is 2.30. The minimum absolute atomic E-state index is 0.0965. The van der Waals surface area contributed by atoms with E-state index >= 15 is 0 Å². The number of benzene rings is 3. The van der Waals surface area contributed by atoms with Crippen molar-refractivity contribution in [2.45, 2.75) is 38.1 Å². The van der Waals surface area contributed by atoms with Crippen molar-refractivity contribution >= 4 is 15.7 Å². The Morgan fingerprint density at radius 1 is 0.971 bits per heavy atom. The first-order chi connectivity index (χ1) is 16.3. The van der Waals surface area contributed by atoms with Gasteiger partial charge in [-0.15, -0.1) is 0 Å². The zero-order chi connectivity index (χ0) is 24.1. The Bertz CT molecular complexity index is 1220. The van der Waals surface area contributed by atoms with Crippen molar-refractivity contribution in [1.82, 2.24) is 4.90 Å². The lowest BCUT2D eigenvalue weighted by Crippen LogP contribution is -2.31. The van der Waals surface area contributed by atoms with Gasteiger partial charge < -0.3 is 9.84 Å². The van der Waals surface area contributed by atoms with Crippen LogP contribution < -0.4 is 9.04 Å². The van der Waals surface area contributed by atoms with Gasteiger partial charge in [-0.3, -0.25) is 9.21 Å². The van der Waals surface area contributed by atoms with Crippen molar-refractivity contribution < 1.29 is 18.3 Å². The third-order valence-electron chi connectivity index (χ3n) is 6.15. The average Bonchev–Trinajstić information content (AvgIpc) is 3.33. The van der Waals surface area contributed by atoms with Crippen LogP contribution in [0.3, 0.4) is 0 Å². The van der Waals surface area contributed by atoms with E-state index in [0.29, 0.717) is 29.2 Å². The molecule has 180 valence electrons. The van der Waals surface area contributed by atoms with Crippen LogP contribution >= 0.6 is 0 Å². The topological polar surface area (TPSA) is 70.1 Å². The molecular weight excluding hydrogens is 448 g/mol. The minimum Gasteiger partial charge on any atom is -0.508 e. The van der Waals surface area contributed by atoms with Gasteiger partial charge in [-0.2, -0.15) is 0 Å². The van der Waals surface area contributed by atoms with Crippen molar-refractivity contribution in [3.8, 4) is 11.5 Å². The number of nitrogens with zero attached hydrogens (tertiary/aromatic N) is 2. The highest BCUT2D eigenvalue weighted by molar-refractivity contribution is 7.92. The number of phenolic OH excluding ortho intramolecular Hbond substituents is 1. The summed E-state index contributed by atoms with van der Waals surface area (Å²) in [5, 5.41) is 9.91. The molecule has 1 fully saturated rings. The van der Waals surface area contributed by atoms with Crippen LogP contribution in [0, 0.1) is 13.8 Å². The van der Waals surface area contributed by atoms with Crippen LogP contribution in [0.2, 0.25) is 0 Å². The van der Waals surface area contributed by atoms with E-state index in [2.05, 4.69) is 4.90 Å². The van der Waals surface area contributed by atoms with E-state index in [4.69, 9.17) is 4.74 Å². The summed E-state index contributed by atoms with van der Waals surface area (Å²) in [4.78, 5) is 2.67. The Kier molecular flexibility index (Phi) is 7.44. The first-order valence-corrected chi connectivity index (χ1v) is 13.1. The molecule has 1 heterocycles. The molecule has 0 saturated carbocycles. The molecule has 1 N–H and O–H groups in total. The third kappa shape index (κ3) is 5.72. The van der Waals surface area contributed by atoms with Crippen molar-refractivity contribution in [2.75, 3.05) is 30.5 Å². The molecular formula is C27H32N2O4S. The molecule has 34 heavy (non-hydrogen) atoms. The standard InChI is InChI=1S/C27H32N2O4S/c1-21-8-9-22(2)27(18-21)34(31,32)29(20-23-6-5-7-25(30)19-23)24-10-12-26(13-11-24)33-17-16-28-14-3-4-15-28/h5-13,18-19,30H,3-4,14-17,20H2,1-2H3. The van der Waals surface area contributed by atoms with Gasteiger partial charge in [0.15, 0.2) is 0 Å². The van der Waals surface area contributed by atoms with Crippen LogP contribution in [0.4, 0.5) is 5.69 Å². The molecule has 0 amide bonds. The van der Waals surface area contributed by atoms with E-state index in [9.17, 15) is 13.5 Å². The molecule has 3 aromatic rings. The highest BCUT2D eigenvalue weighted by atomic mass is 32.2. The molecule has 1 saturated heterocycles. The number of ether oxygens (including phenoxy) is 1. The predicted molar refractivity (Wildman–Crippen MR) is 135 cm³/mol. The maximum Gasteiger partial charge on any atom is 0.264 e. The van der Waals surface area contributed by atoms with Gasteiger partial charge in [0.25, 0.3) is 10.0 Å². The van der Waals surface area contributed by atoms with E-state index in [1.54, 1.807) is 49.4 Å². The second-order valence-corrected chi connectivity index (χ2v) is 10.7. The second-order valence-electron chi connectivity index (χ2n) is 8.84. The van der Waals surface area contributed by atoms with Gasteiger partial charge in [-0.05, 0) is 98.9 Å². The van der Waals surface area contributed by atoms with Crippen LogP contribution in [0.25, 0.3) is 0 Å². The Labute approximate surface area is 202 Å². The number of aryl methyl sites for hydroxylation is 2. The lowest BCUT2D eigenvalue weighted by molar-refractivity contribution is 0.238. The Morgan fingerprint density at radius 3 is 2.41 bits per heavy atom. The second kappa shape index (κ2) is 10.5. The Balaban J connectivity index is 1.60. The lowest BCUT2D eigenvalue weighted by Gasteiger charge is -2.26. The van der Waals surface area contributed by atoms with Crippen LogP contribution in [0.5, 0.6) is 11.5 Å². The largest absolute Gasteiger partial charge is 0.508 e. The molecule has 0 unspecified atom stereocenters. The van der Waals surface area contributed by atoms with Gasteiger partial charge in [-0.25, -0.2) is 8.42 Å². The zero-order valence-corrected chi connectivity index (χ0v) is 20.6. The summed E-state index contributed by atoms with van der Waals surface area (Å²) in [6.45, 7) is 7.53. The van der Waals surface area contributed by atoms with Crippen molar-refractivity contribution in [3.63, 3.8) is 0 Å². The predicted octanol–water partition coefficient (Wildman–Crippen LogP) is 4.88. The van der Waals surface area contributed by atoms with Gasteiger partial charge in [-0.1, -0.05) is 24.3 Å². The fourth-order valence-corrected chi connectivity index (χ4v) is 6.01. The number of anilines is 1. The summed E-state index contributed by atoms with van der Waals surface area (Å²) in [7, 11) is -3.85. The monoisotopic (exact) mass is 480 g/mol. The molecule has 7 heteroatoms. The molecule has 0 bridgehead atoms. The average molecular weight is 481 g/mol. The van der Waals surface area contributed by atoms with Gasteiger partial charge in [0.05, 0.1) is 17.1 Å². The Morgan fingerprint density at radius 2 is 1.71 bits per heavy atom. The summed E-state index contributed by atoms with van der Waals surface area (Å²) in [5.74, 6) is 0.813. The van der Waals surface area contributed by atoms with Crippen LogP contribution in [0.15, 0.2) is 71.6 Å². The fourth-order valence-electron chi connectivity index (χ4n) is 4.25. The first kappa shape index (κ1) is 24.1. The van der Waals surface area contributed by atoms with Gasteiger partial charge in [0.2, 0.25) is 0 Å². The van der Waals surface area contributed by atoms with E-state index in [1.165, 1.54) is 17.1 Å². The van der Waals surface area contributed by atoms with Gasteiger partial charge in [0.1, 0.15) is 18.1 Å². The number of hydrogen-bond donors (Lipinski definition) is 1. The molecule has 1 aliphatic rings. The number of sulfonamides is 1. The summed E-state index contributed by atoms with van der Waals surface area (Å²) >= 11 is 0. The van der Waals surface area contributed by atoms with Crippen molar-refractivity contribution in [2.24, 2.45) is 0 Å². The molecule has 3 aromatic carbocycles. The van der Waals surface area contributed by atoms with E-state index in [0.717, 1.165) is 25.2 Å². The molecule has 0 radical (unpaired) electrons. The zero-order valence-electron chi connectivity index (χ0n) is 19.8. The highest BCUT2D eigenvalue weighted by Gasteiger charge is 2.27. The summed E-state index contributed by atoms with van der Waals surface area (Å²) in [6, 6.07) is 19.3.